The summed E-state index contributed by atoms with van der Waals surface area (Å²) >= 11 is 6.67. The van der Waals surface area contributed by atoms with E-state index < -0.39 is 12.3 Å². The molecule has 0 saturated heterocycles. The van der Waals surface area contributed by atoms with E-state index in [0.717, 1.165) is 17.4 Å². The minimum absolute atomic E-state index is 0.245. The van der Waals surface area contributed by atoms with Gasteiger partial charge in [0, 0.05) is 12.3 Å². The monoisotopic (exact) mass is 373 g/mol. The molecule has 10 heteroatoms. The Kier molecular flexibility index (Phi) is 4.29. The van der Waals surface area contributed by atoms with E-state index in [4.69, 9.17) is 11.6 Å². The summed E-state index contributed by atoms with van der Waals surface area (Å²) in [6, 6.07) is 6.71. The van der Waals surface area contributed by atoms with Gasteiger partial charge in [0.1, 0.15) is 10.9 Å². The summed E-state index contributed by atoms with van der Waals surface area (Å²) in [5, 5.41) is 3.06. The van der Waals surface area contributed by atoms with Crippen molar-refractivity contribution in [2.45, 2.75) is 6.36 Å². The maximum atomic E-state index is 12.2. The molecule has 0 aliphatic rings. The molecule has 0 radical (unpaired) electrons. The van der Waals surface area contributed by atoms with Crippen molar-refractivity contribution in [3.8, 4) is 5.75 Å². The fourth-order valence-electron chi connectivity index (χ4n) is 1.83. The molecule has 0 spiro atoms. The zero-order valence-corrected chi connectivity index (χ0v) is 13.2. The third kappa shape index (κ3) is 3.92. The highest BCUT2D eigenvalue weighted by atomic mass is 35.5. The molecule has 0 atom stereocenters. The Morgan fingerprint density at radius 2 is 2.04 bits per heavy atom. The van der Waals surface area contributed by atoms with Crippen LogP contribution < -0.4 is 10.1 Å². The Bertz CT molecular complexity index is 896. The smallest absolute Gasteiger partial charge is 0.406 e. The van der Waals surface area contributed by atoms with E-state index >= 15 is 0 Å². The molecule has 0 bridgehead atoms. The van der Waals surface area contributed by atoms with Gasteiger partial charge in [0.2, 0.25) is 0 Å². The first kappa shape index (κ1) is 16.5. The second-order valence-electron chi connectivity index (χ2n) is 4.52. The predicted octanol–water partition coefficient (Wildman–Crippen LogP) is 4.50. The predicted molar refractivity (Wildman–Crippen MR) is 83.5 cm³/mol. The summed E-state index contributed by atoms with van der Waals surface area (Å²) in [4.78, 5) is 20.0. The van der Waals surface area contributed by atoms with Crippen molar-refractivity contribution < 1.29 is 22.7 Å². The van der Waals surface area contributed by atoms with Crippen molar-refractivity contribution in [1.82, 2.24) is 9.97 Å². The molecule has 3 aromatic rings. The number of alkyl halides is 3. The summed E-state index contributed by atoms with van der Waals surface area (Å²) in [6.07, 6.45) is -3.46. The van der Waals surface area contributed by atoms with Crippen molar-refractivity contribution in [2.75, 3.05) is 5.32 Å². The lowest BCUT2D eigenvalue weighted by atomic mass is 10.3. The van der Waals surface area contributed by atoms with Gasteiger partial charge in [0.25, 0.3) is 5.91 Å². The molecule has 0 aliphatic heterocycles. The van der Waals surface area contributed by atoms with E-state index in [1.165, 1.54) is 30.5 Å². The van der Waals surface area contributed by atoms with Gasteiger partial charge in [-0.3, -0.25) is 10.1 Å². The Balaban J connectivity index is 1.80. The number of pyridine rings is 1. The van der Waals surface area contributed by atoms with Gasteiger partial charge in [-0.2, -0.15) is 0 Å². The van der Waals surface area contributed by atoms with Gasteiger partial charge < -0.3 is 4.74 Å². The second-order valence-corrected chi connectivity index (χ2v) is 5.94. The van der Waals surface area contributed by atoms with Crippen LogP contribution in [-0.4, -0.2) is 22.2 Å². The van der Waals surface area contributed by atoms with Crippen molar-refractivity contribution in [3.63, 3.8) is 0 Å². The highest BCUT2D eigenvalue weighted by Gasteiger charge is 2.31. The van der Waals surface area contributed by atoms with Crippen molar-refractivity contribution >= 4 is 44.2 Å². The molecule has 0 unspecified atom stereocenters. The van der Waals surface area contributed by atoms with E-state index in [2.05, 4.69) is 20.0 Å². The van der Waals surface area contributed by atoms with Crippen LogP contribution in [0.2, 0.25) is 5.15 Å². The van der Waals surface area contributed by atoms with Gasteiger partial charge in [-0.1, -0.05) is 22.9 Å². The third-order valence-electron chi connectivity index (χ3n) is 2.80. The molecular weight excluding hydrogens is 367 g/mol. The fraction of sp³-hybridized carbons (Fsp3) is 0.0714. The number of nitrogens with one attached hydrogen (secondary N) is 1. The van der Waals surface area contributed by atoms with Crippen LogP contribution in [0.5, 0.6) is 5.75 Å². The van der Waals surface area contributed by atoms with Gasteiger partial charge >= 0.3 is 6.36 Å². The Morgan fingerprint density at radius 3 is 2.71 bits per heavy atom. The standard InChI is InChI=1S/C14H7ClF3N3O2S/c15-11-4-1-7(6-19-11)12(22)21-13-20-9-3-2-8(5-10(9)24-13)23-14(16,17)18/h1-6H,(H,20,21,22). The maximum Gasteiger partial charge on any atom is 0.573 e. The molecule has 24 heavy (non-hydrogen) atoms. The highest BCUT2D eigenvalue weighted by molar-refractivity contribution is 7.22. The number of ether oxygens (including phenoxy) is 1. The quantitative estimate of drug-likeness (QED) is 0.687. The first-order valence-electron chi connectivity index (χ1n) is 6.39. The number of hydrogen-bond acceptors (Lipinski definition) is 5. The normalized spacial score (nSPS) is 11.5. The van der Waals surface area contributed by atoms with Crippen LogP contribution >= 0.6 is 22.9 Å². The summed E-state index contributed by atoms with van der Waals surface area (Å²) in [6.45, 7) is 0. The number of carbonyl (C=O) groups excluding carboxylic acids is 1. The molecule has 2 heterocycles. The minimum atomic E-state index is -4.77. The number of hydrogen-bond donors (Lipinski definition) is 1. The molecule has 3 rings (SSSR count). The van der Waals surface area contributed by atoms with E-state index in [9.17, 15) is 18.0 Å². The van der Waals surface area contributed by atoms with Gasteiger partial charge in [0.15, 0.2) is 5.13 Å². The van der Waals surface area contributed by atoms with Gasteiger partial charge in [-0.25, -0.2) is 9.97 Å². The van der Waals surface area contributed by atoms with Gasteiger partial charge in [0.05, 0.1) is 15.8 Å². The zero-order chi connectivity index (χ0) is 17.3. The van der Waals surface area contributed by atoms with Crippen molar-refractivity contribution in [1.29, 1.82) is 0 Å². The summed E-state index contributed by atoms with van der Waals surface area (Å²) in [5.74, 6) is -0.802. The number of anilines is 1. The van der Waals surface area contributed by atoms with Crippen LogP contribution in [-0.2, 0) is 0 Å². The Labute approximate surface area is 142 Å². The number of halogens is 4. The van der Waals surface area contributed by atoms with Gasteiger partial charge in [-0.05, 0) is 24.3 Å². The van der Waals surface area contributed by atoms with Crippen LogP contribution in [0.25, 0.3) is 10.2 Å². The molecule has 124 valence electrons. The first-order valence-corrected chi connectivity index (χ1v) is 7.59. The highest BCUT2D eigenvalue weighted by Crippen LogP contribution is 2.31. The van der Waals surface area contributed by atoms with Crippen LogP contribution in [0, 0.1) is 0 Å². The lowest BCUT2D eigenvalue weighted by molar-refractivity contribution is -0.274. The molecule has 0 fully saturated rings. The van der Waals surface area contributed by atoms with Crippen molar-refractivity contribution in [3.05, 3.63) is 47.2 Å². The number of aromatic nitrogens is 2. The average molecular weight is 374 g/mol. The summed E-state index contributed by atoms with van der Waals surface area (Å²) in [7, 11) is 0. The number of amides is 1. The molecule has 1 aromatic carbocycles. The molecule has 1 N–H and O–H groups in total. The topological polar surface area (TPSA) is 64.1 Å². The lowest BCUT2D eigenvalue weighted by Crippen LogP contribution is -2.16. The zero-order valence-electron chi connectivity index (χ0n) is 11.6. The number of benzene rings is 1. The number of fused-ring (bicyclic) bond motifs is 1. The largest absolute Gasteiger partial charge is 0.573 e. The molecule has 0 saturated carbocycles. The molecular formula is C14H7ClF3N3O2S. The molecule has 1 amide bonds. The van der Waals surface area contributed by atoms with E-state index in [1.807, 2.05) is 0 Å². The molecule has 2 aromatic heterocycles. The van der Waals surface area contributed by atoms with E-state index in [-0.39, 0.29) is 21.6 Å². The Morgan fingerprint density at radius 1 is 1.25 bits per heavy atom. The Hall–Kier alpha value is -2.39. The fourth-order valence-corrected chi connectivity index (χ4v) is 2.84. The van der Waals surface area contributed by atoms with Crippen LogP contribution in [0.15, 0.2) is 36.5 Å². The first-order chi connectivity index (χ1) is 11.3. The number of nitrogens with zero attached hydrogens (tertiary/aromatic N) is 2. The van der Waals surface area contributed by atoms with E-state index in [0.29, 0.717) is 10.2 Å². The average Bonchev–Trinajstić information content (AvgIpc) is 2.87. The number of carbonyl (C=O) groups is 1. The minimum Gasteiger partial charge on any atom is -0.406 e. The number of rotatable bonds is 3. The lowest BCUT2D eigenvalue weighted by Gasteiger charge is -2.07. The summed E-state index contributed by atoms with van der Waals surface area (Å²) < 4.78 is 41.0. The van der Waals surface area contributed by atoms with E-state index in [1.54, 1.807) is 0 Å². The van der Waals surface area contributed by atoms with Crippen LogP contribution in [0.4, 0.5) is 18.3 Å². The number of thiazole rings is 1. The summed E-state index contributed by atoms with van der Waals surface area (Å²) in [5.41, 5.74) is 0.721. The third-order valence-corrected chi connectivity index (χ3v) is 3.96. The SMILES string of the molecule is O=C(Nc1nc2ccc(OC(F)(F)F)cc2s1)c1ccc(Cl)nc1. The van der Waals surface area contributed by atoms with Gasteiger partial charge in [-0.15, -0.1) is 13.2 Å². The molecule has 0 aliphatic carbocycles. The van der Waals surface area contributed by atoms with Crippen LogP contribution in [0.1, 0.15) is 10.4 Å². The van der Waals surface area contributed by atoms with Crippen LogP contribution in [0.3, 0.4) is 0 Å². The maximum absolute atomic E-state index is 12.2. The second kappa shape index (κ2) is 6.25. The molecule has 5 nitrogen and oxygen atoms in total. The van der Waals surface area contributed by atoms with Crippen molar-refractivity contribution in [2.24, 2.45) is 0 Å².